The van der Waals surface area contributed by atoms with Gasteiger partial charge in [-0.2, -0.15) is 9.78 Å². The summed E-state index contributed by atoms with van der Waals surface area (Å²) in [7, 11) is 1.65. The Morgan fingerprint density at radius 2 is 1.96 bits per heavy atom. The van der Waals surface area contributed by atoms with Gasteiger partial charge in [-0.25, -0.2) is 0 Å². The Morgan fingerprint density at radius 1 is 1.12 bits per heavy atom. The lowest BCUT2D eigenvalue weighted by molar-refractivity contribution is 0.414. The lowest BCUT2D eigenvalue weighted by atomic mass is 10.1. The van der Waals surface area contributed by atoms with Crippen molar-refractivity contribution >= 4 is 57.7 Å². The zero-order valence-electron chi connectivity index (χ0n) is 13.5. The first-order chi connectivity index (χ1) is 12.2. The van der Waals surface area contributed by atoms with E-state index in [-0.39, 0.29) is 17.0 Å². The van der Waals surface area contributed by atoms with Crippen LogP contribution in [0.1, 0.15) is 5.56 Å². The molecule has 0 amide bonds. The number of aromatic nitrogens is 3. The Hall–Kier alpha value is -1.54. The van der Waals surface area contributed by atoms with E-state index in [0.29, 0.717) is 21.6 Å². The molecule has 1 aromatic heterocycles. The number of ether oxygens (including phenoxy) is 1. The van der Waals surface area contributed by atoms with Gasteiger partial charge in [-0.3, -0.25) is 0 Å². The summed E-state index contributed by atoms with van der Waals surface area (Å²) < 4.78 is 7.02. The smallest absolute Gasteiger partial charge is 0.212 e. The number of benzene rings is 2. The topological polar surface area (TPSA) is 52.3 Å². The van der Waals surface area contributed by atoms with Crippen molar-refractivity contribution in [3.8, 4) is 17.1 Å². The standard InChI is InChI=1S/C17H12Cl2N4OS.BrH/c1-24-12-4-2-3-10(7-12)15-9-25-17-21-20-16(23(17)22-15)13-6-5-11(18)8-14(13)19;/h2-8H,9H2,1H3;1H. The molecular weight excluding hydrogens is 459 g/mol. The molecule has 1 aliphatic rings. The van der Waals surface area contributed by atoms with Crippen molar-refractivity contribution in [2.75, 3.05) is 12.9 Å². The minimum atomic E-state index is 0. The Bertz CT molecular complexity index is 993. The molecule has 1 aliphatic heterocycles. The molecule has 0 N–H and O–H groups in total. The van der Waals surface area contributed by atoms with Gasteiger partial charge in [0.25, 0.3) is 0 Å². The number of thioether (sulfide) groups is 1. The maximum atomic E-state index is 6.32. The van der Waals surface area contributed by atoms with E-state index in [0.717, 1.165) is 27.7 Å². The maximum absolute atomic E-state index is 6.32. The van der Waals surface area contributed by atoms with Crippen LogP contribution in [0.5, 0.6) is 5.75 Å². The molecule has 0 atom stereocenters. The summed E-state index contributed by atoms with van der Waals surface area (Å²) in [6.07, 6.45) is 0. The highest BCUT2D eigenvalue weighted by Gasteiger charge is 2.22. The van der Waals surface area contributed by atoms with Gasteiger partial charge in [-0.1, -0.05) is 47.1 Å². The average Bonchev–Trinajstić information content (AvgIpc) is 3.05. The molecule has 4 rings (SSSR count). The van der Waals surface area contributed by atoms with E-state index in [1.807, 2.05) is 30.3 Å². The summed E-state index contributed by atoms with van der Waals surface area (Å²) in [5.74, 6) is 2.09. The van der Waals surface area contributed by atoms with Crippen LogP contribution in [-0.4, -0.2) is 33.4 Å². The van der Waals surface area contributed by atoms with Gasteiger partial charge in [0.2, 0.25) is 5.16 Å². The van der Waals surface area contributed by atoms with Crippen LogP contribution >= 0.6 is 51.9 Å². The first kappa shape index (κ1) is 19.2. The van der Waals surface area contributed by atoms with Gasteiger partial charge in [-0.15, -0.1) is 27.2 Å². The van der Waals surface area contributed by atoms with E-state index in [9.17, 15) is 0 Å². The van der Waals surface area contributed by atoms with Crippen LogP contribution in [0.15, 0.2) is 52.7 Å². The minimum absolute atomic E-state index is 0. The summed E-state index contributed by atoms with van der Waals surface area (Å²) in [6, 6.07) is 13.1. The number of nitrogens with zero attached hydrogens (tertiary/aromatic N) is 4. The molecule has 0 bridgehead atoms. The molecule has 2 heterocycles. The van der Waals surface area contributed by atoms with E-state index < -0.39 is 0 Å². The van der Waals surface area contributed by atoms with E-state index >= 15 is 0 Å². The molecule has 0 radical (unpaired) electrons. The van der Waals surface area contributed by atoms with Crippen LogP contribution in [0.25, 0.3) is 11.4 Å². The van der Waals surface area contributed by atoms with Crippen molar-refractivity contribution in [3.05, 3.63) is 58.1 Å². The number of fused-ring (bicyclic) bond motifs is 1. The van der Waals surface area contributed by atoms with Gasteiger partial charge in [-0.05, 0) is 30.3 Å². The molecule has 0 fully saturated rings. The molecule has 5 nitrogen and oxygen atoms in total. The largest absolute Gasteiger partial charge is 0.497 e. The second-order valence-electron chi connectivity index (χ2n) is 5.31. The molecule has 134 valence electrons. The van der Waals surface area contributed by atoms with Crippen LogP contribution in [-0.2, 0) is 0 Å². The SMILES string of the molecule is Br.COc1cccc(C2=Nn3c(nnc3-c3ccc(Cl)cc3Cl)SC2)c1. The summed E-state index contributed by atoms with van der Waals surface area (Å²) in [5, 5.41) is 15.0. The van der Waals surface area contributed by atoms with Gasteiger partial charge in [0.15, 0.2) is 5.82 Å². The Morgan fingerprint density at radius 3 is 2.73 bits per heavy atom. The monoisotopic (exact) mass is 470 g/mol. The number of hydrogen-bond donors (Lipinski definition) is 0. The molecule has 0 saturated carbocycles. The van der Waals surface area contributed by atoms with Crippen molar-refractivity contribution in [2.45, 2.75) is 5.16 Å². The third-order valence-corrected chi connectivity index (χ3v) is 5.22. The van der Waals surface area contributed by atoms with Crippen LogP contribution < -0.4 is 4.74 Å². The van der Waals surface area contributed by atoms with E-state index in [1.165, 1.54) is 0 Å². The number of hydrogen-bond acceptors (Lipinski definition) is 5. The molecule has 26 heavy (non-hydrogen) atoms. The maximum Gasteiger partial charge on any atom is 0.212 e. The number of halogens is 3. The van der Waals surface area contributed by atoms with Crippen LogP contribution in [0.3, 0.4) is 0 Å². The van der Waals surface area contributed by atoms with Crippen molar-refractivity contribution in [2.24, 2.45) is 5.10 Å². The third kappa shape index (κ3) is 3.62. The fourth-order valence-corrected chi connectivity index (χ4v) is 3.84. The van der Waals surface area contributed by atoms with E-state index in [4.69, 9.17) is 33.0 Å². The molecular formula is C17H13BrCl2N4OS. The van der Waals surface area contributed by atoms with Crippen molar-refractivity contribution in [1.29, 1.82) is 0 Å². The predicted octanol–water partition coefficient (Wildman–Crippen LogP) is 5.20. The zero-order valence-corrected chi connectivity index (χ0v) is 17.6. The summed E-state index contributed by atoms with van der Waals surface area (Å²) in [4.78, 5) is 0. The van der Waals surface area contributed by atoms with Crippen LogP contribution in [0.2, 0.25) is 10.0 Å². The summed E-state index contributed by atoms with van der Waals surface area (Å²) >= 11 is 13.9. The molecule has 3 aromatic rings. The predicted molar refractivity (Wildman–Crippen MR) is 111 cm³/mol. The Labute approximate surface area is 175 Å². The van der Waals surface area contributed by atoms with E-state index in [2.05, 4.69) is 10.2 Å². The lowest BCUT2D eigenvalue weighted by Gasteiger charge is -2.14. The molecule has 0 spiro atoms. The fraction of sp³-hybridized carbons (Fsp3) is 0.118. The molecule has 2 aromatic carbocycles. The second kappa shape index (κ2) is 8.00. The minimum Gasteiger partial charge on any atom is -0.497 e. The third-order valence-electron chi connectivity index (χ3n) is 3.75. The summed E-state index contributed by atoms with van der Waals surface area (Å²) in [6.45, 7) is 0. The zero-order chi connectivity index (χ0) is 17.4. The van der Waals surface area contributed by atoms with Crippen LogP contribution in [0, 0.1) is 0 Å². The van der Waals surface area contributed by atoms with Gasteiger partial charge in [0, 0.05) is 21.9 Å². The van der Waals surface area contributed by atoms with Gasteiger partial charge >= 0.3 is 0 Å². The molecule has 0 saturated heterocycles. The second-order valence-corrected chi connectivity index (χ2v) is 7.10. The highest BCUT2D eigenvalue weighted by molar-refractivity contribution is 8.93. The fourth-order valence-electron chi connectivity index (χ4n) is 2.51. The van der Waals surface area contributed by atoms with Crippen molar-refractivity contribution in [1.82, 2.24) is 14.9 Å². The summed E-state index contributed by atoms with van der Waals surface area (Å²) in [5.41, 5.74) is 2.66. The highest BCUT2D eigenvalue weighted by atomic mass is 79.9. The highest BCUT2D eigenvalue weighted by Crippen LogP contribution is 2.33. The molecule has 0 aliphatic carbocycles. The Balaban J connectivity index is 0.00000196. The van der Waals surface area contributed by atoms with Crippen molar-refractivity contribution in [3.63, 3.8) is 0 Å². The lowest BCUT2D eigenvalue weighted by Crippen LogP contribution is -2.13. The molecule has 0 unspecified atom stereocenters. The number of methoxy groups -OCH3 is 1. The van der Waals surface area contributed by atoms with Gasteiger partial charge in [0.1, 0.15) is 5.75 Å². The van der Waals surface area contributed by atoms with Crippen molar-refractivity contribution < 1.29 is 4.74 Å². The van der Waals surface area contributed by atoms with Gasteiger partial charge in [0.05, 0.1) is 17.8 Å². The van der Waals surface area contributed by atoms with Gasteiger partial charge < -0.3 is 4.74 Å². The van der Waals surface area contributed by atoms with E-state index in [1.54, 1.807) is 35.7 Å². The first-order valence-corrected chi connectivity index (χ1v) is 9.16. The molecule has 9 heteroatoms. The number of rotatable bonds is 3. The average molecular weight is 472 g/mol. The van der Waals surface area contributed by atoms with Crippen LogP contribution in [0.4, 0.5) is 0 Å². The Kier molecular flexibility index (Phi) is 5.92. The normalized spacial score (nSPS) is 12.8. The first-order valence-electron chi connectivity index (χ1n) is 7.41. The quantitative estimate of drug-likeness (QED) is 0.527.